The molecule has 1 aliphatic heterocycles. The molecule has 1 aliphatic rings. The van der Waals surface area contributed by atoms with E-state index in [1.54, 1.807) is 18.3 Å². The van der Waals surface area contributed by atoms with Crippen LogP contribution < -0.4 is 5.32 Å². The van der Waals surface area contributed by atoms with Crippen molar-refractivity contribution in [1.82, 2.24) is 19.8 Å². The van der Waals surface area contributed by atoms with Crippen molar-refractivity contribution in [3.05, 3.63) is 11.4 Å². The van der Waals surface area contributed by atoms with Gasteiger partial charge in [-0.2, -0.15) is 9.40 Å². The van der Waals surface area contributed by atoms with Crippen molar-refractivity contribution in [1.29, 1.82) is 0 Å². The molecule has 0 amide bonds. The lowest BCUT2D eigenvalue weighted by Gasteiger charge is -2.17. The standard InChI is InChI=1S/C13H24N4O2S/c1-4-5-11-6-7-17(9-11)20(18,19)13-10(2)15-16-12(13)8-14-3/h11,14H,4-9H2,1-3H3,(H,15,16). The third-order valence-electron chi connectivity index (χ3n) is 3.85. The summed E-state index contributed by atoms with van der Waals surface area (Å²) in [5.41, 5.74) is 1.19. The Labute approximate surface area is 121 Å². The third-order valence-corrected chi connectivity index (χ3v) is 5.92. The highest BCUT2D eigenvalue weighted by Gasteiger charge is 2.35. The topological polar surface area (TPSA) is 78.1 Å². The Morgan fingerprint density at radius 3 is 2.90 bits per heavy atom. The molecule has 2 N–H and O–H groups in total. The summed E-state index contributed by atoms with van der Waals surface area (Å²) in [5.74, 6) is 0.495. The van der Waals surface area contributed by atoms with Crippen LogP contribution in [0.5, 0.6) is 0 Å². The van der Waals surface area contributed by atoms with E-state index in [1.165, 1.54) is 0 Å². The minimum atomic E-state index is -3.43. The molecule has 2 rings (SSSR count). The molecule has 0 radical (unpaired) electrons. The van der Waals surface area contributed by atoms with E-state index in [9.17, 15) is 8.42 Å². The van der Waals surface area contributed by atoms with Crippen LogP contribution in [0, 0.1) is 12.8 Å². The van der Waals surface area contributed by atoms with Gasteiger partial charge in [0.1, 0.15) is 4.90 Å². The van der Waals surface area contributed by atoms with Gasteiger partial charge in [0.25, 0.3) is 0 Å². The Hall–Kier alpha value is -0.920. The molecule has 1 saturated heterocycles. The van der Waals surface area contributed by atoms with Gasteiger partial charge in [-0.05, 0) is 32.7 Å². The quantitative estimate of drug-likeness (QED) is 0.829. The van der Waals surface area contributed by atoms with E-state index in [0.29, 0.717) is 41.8 Å². The summed E-state index contributed by atoms with van der Waals surface area (Å²) < 4.78 is 27.2. The number of nitrogens with zero attached hydrogens (tertiary/aromatic N) is 2. The lowest BCUT2D eigenvalue weighted by Crippen LogP contribution is -2.30. The van der Waals surface area contributed by atoms with E-state index in [0.717, 1.165) is 19.3 Å². The van der Waals surface area contributed by atoms with Crippen LogP contribution >= 0.6 is 0 Å². The number of aromatic amines is 1. The third kappa shape index (κ3) is 2.89. The first-order valence-electron chi connectivity index (χ1n) is 7.19. The maximum absolute atomic E-state index is 12.8. The molecule has 1 aromatic rings. The average molecular weight is 300 g/mol. The van der Waals surface area contributed by atoms with Gasteiger partial charge in [-0.15, -0.1) is 0 Å². The van der Waals surface area contributed by atoms with Crippen LogP contribution in [0.15, 0.2) is 4.90 Å². The Kier molecular flexibility index (Phi) is 4.82. The molecule has 6 nitrogen and oxygen atoms in total. The van der Waals surface area contributed by atoms with Gasteiger partial charge >= 0.3 is 0 Å². The van der Waals surface area contributed by atoms with Gasteiger partial charge in [0, 0.05) is 19.6 Å². The van der Waals surface area contributed by atoms with Gasteiger partial charge in [-0.3, -0.25) is 5.10 Å². The Morgan fingerprint density at radius 1 is 1.50 bits per heavy atom. The molecule has 0 saturated carbocycles. The summed E-state index contributed by atoms with van der Waals surface area (Å²) in [4.78, 5) is 0.351. The van der Waals surface area contributed by atoms with E-state index in [-0.39, 0.29) is 0 Å². The zero-order chi connectivity index (χ0) is 14.8. The summed E-state index contributed by atoms with van der Waals surface area (Å²) in [6.45, 7) is 5.61. The van der Waals surface area contributed by atoms with E-state index in [4.69, 9.17) is 0 Å². The summed E-state index contributed by atoms with van der Waals surface area (Å²) >= 11 is 0. The van der Waals surface area contributed by atoms with Crippen molar-refractivity contribution in [3.63, 3.8) is 0 Å². The summed E-state index contributed by atoms with van der Waals surface area (Å²) in [6, 6.07) is 0. The Balaban J connectivity index is 2.25. The van der Waals surface area contributed by atoms with Crippen LogP contribution in [0.3, 0.4) is 0 Å². The molecule has 2 heterocycles. The smallest absolute Gasteiger partial charge is 0.246 e. The maximum atomic E-state index is 12.8. The fourth-order valence-electron chi connectivity index (χ4n) is 2.89. The second-order valence-corrected chi connectivity index (χ2v) is 7.34. The normalized spacial score (nSPS) is 20.6. The van der Waals surface area contributed by atoms with Gasteiger partial charge in [0.15, 0.2) is 0 Å². The SMILES string of the molecule is CCCC1CCN(S(=O)(=O)c2c(CNC)n[nH]c2C)C1. The second kappa shape index (κ2) is 6.24. The zero-order valence-electron chi connectivity index (χ0n) is 12.4. The minimum Gasteiger partial charge on any atom is -0.314 e. The first-order valence-corrected chi connectivity index (χ1v) is 8.63. The van der Waals surface area contributed by atoms with E-state index in [2.05, 4.69) is 22.4 Å². The molecule has 7 heteroatoms. The van der Waals surface area contributed by atoms with Crippen LogP contribution in [0.4, 0.5) is 0 Å². The average Bonchev–Trinajstić information content (AvgIpc) is 2.98. The molecule has 114 valence electrons. The van der Waals surface area contributed by atoms with Crippen LogP contribution in [-0.4, -0.2) is 43.1 Å². The number of aromatic nitrogens is 2. The fraction of sp³-hybridized carbons (Fsp3) is 0.769. The molecule has 0 spiro atoms. The van der Waals surface area contributed by atoms with Crippen LogP contribution in [0.2, 0.25) is 0 Å². The maximum Gasteiger partial charge on any atom is 0.246 e. The van der Waals surface area contributed by atoms with Crippen molar-refractivity contribution in [2.24, 2.45) is 5.92 Å². The number of hydrogen-bond acceptors (Lipinski definition) is 4. The molecule has 0 bridgehead atoms. The molecule has 0 aromatic carbocycles. The predicted octanol–water partition coefficient (Wildman–Crippen LogP) is 1.25. The Morgan fingerprint density at radius 2 is 2.25 bits per heavy atom. The largest absolute Gasteiger partial charge is 0.314 e. The molecule has 1 atom stereocenters. The van der Waals surface area contributed by atoms with Gasteiger partial charge in [0.2, 0.25) is 10.0 Å². The fourth-order valence-corrected chi connectivity index (χ4v) is 4.75. The molecular formula is C13H24N4O2S. The highest BCUT2D eigenvalue weighted by atomic mass is 32.2. The predicted molar refractivity (Wildman–Crippen MR) is 77.9 cm³/mol. The van der Waals surface area contributed by atoms with Gasteiger partial charge in [0.05, 0.1) is 11.4 Å². The van der Waals surface area contributed by atoms with E-state index >= 15 is 0 Å². The minimum absolute atomic E-state index is 0.351. The number of hydrogen-bond donors (Lipinski definition) is 2. The molecular weight excluding hydrogens is 276 g/mol. The van der Waals surface area contributed by atoms with Crippen molar-refractivity contribution >= 4 is 10.0 Å². The second-order valence-electron chi connectivity index (χ2n) is 5.46. The van der Waals surface area contributed by atoms with Crippen molar-refractivity contribution in [3.8, 4) is 0 Å². The van der Waals surface area contributed by atoms with Crippen LogP contribution in [0.25, 0.3) is 0 Å². The lowest BCUT2D eigenvalue weighted by atomic mass is 10.0. The molecule has 1 aromatic heterocycles. The number of rotatable bonds is 6. The number of aryl methyl sites for hydroxylation is 1. The summed E-state index contributed by atoms with van der Waals surface area (Å²) in [5, 5.41) is 9.86. The highest BCUT2D eigenvalue weighted by Crippen LogP contribution is 2.29. The van der Waals surface area contributed by atoms with E-state index in [1.807, 2.05) is 0 Å². The van der Waals surface area contributed by atoms with Crippen LogP contribution in [-0.2, 0) is 16.6 Å². The number of sulfonamides is 1. The Bertz CT molecular complexity index is 553. The van der Waals surface area contributed by atoms with Crippen molar-refractivity contribution in [2.75, 3.05) is 20.1 Å². The molecule has 0 aliphatic carbocycles. The lowest BCUT2D eigenvalue weighted by molar-refractivity contribution is 0.443. The van der Waals surface area contributed by atoms with Crippen molar-refractivity contribution < 1.29 is 8.42 Å². The monoisotopic (exact) mass is 300 g/mol. The summed E-state index contributed by atoms with van der Waals surface area (Å²) in [7, 11) is -1.65. The first kappa shape index (κ1) is 15.5. The number of H-pyrrole nitrogens is 1. The number of nitrogens with one attached hydrogen (secondary N) is 2. The summed E-state index contributed by atoms with van der Waals surface area (Å²) in [6.07, 6.45) is 3.17. The van der Waals surface area contributed by atoms with Crippen molar-refractivity contribution in [2.45, 2.75) is 44.6 Å². The highest BCUT2D eigenvalue weighted by molar-refractivity contribution is 7.89. The first-order chi connectivity index (χ1) is 9.50. The molecule has 1 fully saturated rings. The van der Waals surface area contributed by atoms with Crippen LogP contribution in [0.1, 0.15) is 37.6 Å². The van der Waals surface area contributed by atoms with Gasteiger partial charge in [-0.25, -0.2) is 8.42 Å². The van der Waals surface area contributed by atoms with E-state index < -0.39 is 10.0 Å². The zero-order valence-corrected chi connectivity index (χ0v) is 13.3. The molecule has 1 unspecified atom stereocenters. The molecule has 20 heavy (non-hydrogen) atoms. The van der Waals surface area contributed by atoms with Gasteiger partial charge < -0.3 is 5.32 Å². The van der Waals surface area contributed by atoms with Gasteiger partial charge in [-0.1, -0.05) is 13.3 Å².